The highest BCUT2D eigenvalue weighted by atomic mass is 16.1. The summed E-state index contributed by atoms with van der Waals surface area (Å²) in [5, 5.41) is 14.0. The molecule has 1 amide bonds. The predicted octanol–water partition coefficient (Wildman–Crippen LogP) is 2.38. The van der Waals surface area contributed by atoms with Gasteiger partial charge in [0.1, 0.15) is 0 Å². The lowest BCUT2D eigenvalue weighted by atomic mass is 9.88. The quantitative estimate of drug-likeness (QED) is 0.728. The van der Waals surface area contributed by atoms with E-state index in [0.29, 0.717) is 12.2 Å². The zero-order chi connectivity index (χ0) is 16.9. The molecular weight excluding hydrogens is 302 g/mol. The number of rotatable bonds is 6. The number of nitrogens with two attached hydrogens (primary N) is 1. The normalized spacial score (nSPS) is 12.0. The van der Waals surface area contributed by atoms with Crippen molar-refractivity contribution in [1.82, 2.24) is 20.6 Å². The molecule has 0 saturated carbocycles. The van der Waals surface area contributed by atoms with Crippen molar-refractivity contribution in [2.24, 2.45) is 5.73 Å². The number of primary amides is 1. The maximum atomic E-state index is 11.5. The van der Waals surface area contributed by atoms with Crippen LogP contribution in [-0.4, -0.2) is 26.5 Å². The number of aromatic amines is 1. The summed E-state index contributed by atoms with van der Waals surface area (Å²) in [5.74, 6) is 0.235. The molecule has 1 unspecified atom stereocenters. The van der Waals surface area contributed by atoms with Crippen LogP contribution in [0.2, 0.25) is 0 Å². The van der Waals surface area contributed by atoms with Gasteiger partial charge in [-0.1, -0.05) is 48.0 Å². The molecule has 0 fully saturated rings. The van der Waals surface area contributed by atoms with E-state index < -0.39 is 0 Å². The molecule has 0 aliphatic heterocycles. The van der Waals surface area contributed by atoms with Crippen molar-refractivity contribution < 1.29 is 4.79 Å². The van der Waals surface area contributed by atoms with Crippen molar-refractivity contribution in [3.05, 3.63) is 65.2 Å². The molecule has 0 radical (unpaired) electrons. The monoisotopic (exact) mass is 321 g/mol. The van der Waals surface area contributed by atoms with Gasteiger partial charge in [-0.05, 0) is 41.7 Å². The Kier molecular flexibility index (Phi) is 4.65. The van der Waals surface area contributed by atoms with Gasteiger partial charge < -0.3 is 5.73 Å². The molecule has 3 aromatic rings. The van der Waals surface area contributed by atoms with Gasteiger partial charge in [0.2, 0.25) is 11.7 Å². The van der Waals surface area contributed by atoms with Crippen molar-refractivity contribution in [1.29, 1.82) is 0 Å². The van der Waals surface area contributed by atoms with E-state index in [9.17, 15) is 4.79 Å². The Bertz CT molecular complexity index is 829. The molecule has 24 heavy (non-hydrogen) atoms. The van der Waals surface area contributed by atoms with E-state index >= 15 is 0 Å². The van der Waals surface area contributed by atoms with Crippen LogP contribution in [-0.2, 0) is 11.2 Å². The minimum atomic E-state index is -0.308. The number of hydrogen-bond donors (Lipinski definition) is 2. The number of H-pyrrole nitrogens is 1. The van der Waals surface area contributed by atoms with Crippen LogP contribution in [0, 0.1) is 6.92 Å². The van der Waals surface area contributed by atoms with Crippen LogP contribution < -0.4 is 5.73 Å². The van der Waals surface area contributed by atoms with Crippen LogP contribution in [0.4, 0.5) is 0 Å². The number of carbonyl (C=O) groups is 1. The summed E-state index contributed by atoms with van der Waals surface area (Å²) >= 11 is 0. The number of aromatic nitrogens is 4. The molecule has 6 heteroatoms. The molecule has 0 aliphatic rings. The Morgan fingerprint density at radius 1 is 1.21 bits per heavy atom. The molecule has 0 aliphatic carbocycles. The molecule has 122 valence electrons. The Hall–Kier alpha value is -3.02. The molecule has 1 aromatic heterocycles. The topological polar surface area (TPSA) is 97.5 Å². The Morgan fingerprint density at radius 2 is 2.04 bits per heavy atom. The Balaban J connectivity index is 1.91. The van der Waals surface area contributed by atoms with E-state index in [4.69, 9.17) is 5.73 Å². The first-order valence-electron chi connectivity index (χ1n) is 7.79. The van der Waals surface area contributed by atoms with E-state index in [0.717, 1.165) is 17.5 Å². The minimum absolute atomic E-state index is 0.0103. The Morgan fingerprint density at radius 3 is 2.75 bits per heavy atom. The summed E-state index contributed by atoms with van der Waals surface area (Å²) in [6.07, 6.45) is 1.05. The molecule has 0 bridgehead atoms. The van der Waals surface area contributed by atoms with E-state index in [1.807, 2.05) is 30.3 Å². The molecule has 1 atom stereocenters. The van der Waals surface area contributed by atoms with Crippen molar-refractivity contribution in [3.8, 4) is 11.4 Å². The SMILES string of the molecule is Cc1cccc(CC(CC(N)=O)c2cccc(-c3nn[nH]n3)c2)c1. The van der Waals surface area contributed by atoms with Crippen molar-refractivity contribution >= 4 is 5.91 Å². The number of nitrogens with one attached hydrogen (secondary N) is 1. The second-order valence-corrected chi connectivity index (χ2v) is 5.92. The highest BCUT2D eigenvalue weighted by molar-refractivity contribution is 5.75. The molecule has 3 N–H and O–H groups in total. The lowest BCUT2D eigenvalue weighted by molar-refractivity contribution is -0.118. The molecule has 0 spiro atoms. The molecule has 3 rings (SSSR count). The van der Waals surface area contributed by atoms with Gasteiger partial charge in [-0.25, -0.2) is 0 Å². The second-order valence-electron chi connectivity index (χ2n) is 5.92. The first-order chi connectivity index (χ1) is 11.6. The number of amides is 1. The first-order valence-corrected chi connectivity index (χ1v) is 7.79. The maximum Gasteiger partial charge on any atom is 0.218 e. The Labute approximate surface area is 140 Å². The van der Waals surface area contributed by atoms with Crippen LogP contribution in [0.25, 0.3) is 11.4 Å². The third-order valence-electron chi connectivity index (χ3n) is 3.97. The number of nitrogens with zero attached hydrogens (tertiary/aromatic N) is 3. The molecule has 1 heterocycles. The van der Waals surface area contributed by atoms with Crippen molar-refractivity contribution in [2.75, 3.05) is 0 Å². The molecule has 2 aromatic carbocycles. The van der Waals surface area contributed by atoms with Gasteiger partial charge in [-0.3, -0.25) is 4.79 Å². The average Bonchev–Trinajstić information content (AvgIpc) is 3.08. The maximum absolute atomic E-state index is 11.5. The van der Waals surface area contributed by atoms with Gasteiger partial charge in [-0.2, -0.15) is 5.21 Å². The largest absolute Gasteiger partial charge is 0.370 e. The number of hydrogen-bond acceptors (Lipinski definition) is 4. The fraction of sp³-hybridized carbons (Fsp3) is 0.222. The highest BCUT2D eigenvalue weighted by Gasteiger charge is 2.17. The third kappa shape index (κ3) is 3.84. The van der Waals surface area contributed by atoms with E-state index in [1.165, 1.54) is 11.1 Å². The van der Waals surface area contributed by atoms with Crippen molar-refractivity contribution in [2.45, 2.75) is 25.7 Å². The van der Waals surface area contributed by atoms with E-state index in [-0.39, 0.29) is 11.8 Å². The summed E-state index contributed by atoms with van der Waals surface area (Å²) < 4.78 is 0. The average molecular weight is 321 g/mol. The fourth-order valence-corrected chi connectivity index (χ4v) is 2.89. The summed E-state index contributed by atoms with van der Waals surface area (Å²) in [5.41, 5.74) is 9.75. The zero-order valence-corrected chi connectivity index (χ0v) is 13.4. The van der Waals surface area contributed by atoms with Crippen LogP contribution >= 0.6 is 0 Å². The minimum Gasteiger partial charge on any atom is -0.370 e. The molecule has 0 saturated heterocycles. The van der Waals surface area contributed by atoms with Gasteiger partial charge >= 0.3 is 0 Å². The van der Waals surface area contributed by atoms with Crippen LogP contribution in [0.1, 0.15) is 29.0 Å². The summed E-state index contributed by atoms with van der Waals surface area (Å²) in [6, 6.07) is 16.2. The summed E-state index contributed by atoms with van der Waals surface area (Å²) in [4.78, 5) is 11.5. The first kappa shape index (κ1) is 15.9. The number of tetrazole rings is 1. The summed E-state index contributed by atoms with van der Waals surface area (Å²) in [6.45, 7) is 2.06. The number of aryl methyl sites for hydroxylation is 1. The van der Waals surface area contributed by atoms with E-state index in [1.54, 1.807) is 0 Å². The molecule has 6 nitrogen and oxygen atoms in total. The second kappa shape index (κ2) is 7.04. The fourth-order valence-electron chi connectivity index (χ4n) is 2.89. The van der Waals surface area contributed by atoms with Gasteiger partial charge in [0.05, 0.1) is 0 Å². The smallest absolute Gasteiger partial charge is 0.218 e. The summed E-state index contributed by atoms with van der Waals surface area (Å²) in [7, 11) is 0. The van der Waals surface area contributed by atoms with Crippen LogP contribution in [0.3, 0.4) is 0 Å². The lowest BCUT2D eigenvalue weighted by Gasteiger charge is -2.17. The van der Waals surface area contributed by atoms with Crippen LogP contribution in [0.15, 0.2) is 48.5 Å². The van der Waals surface area contributed by atoms with Gasteiger partial charge in [-0.15, -0.1) is 10.2 Å². The van der Waals surface area contributed by atoms with Crippen LogP contribution in [0.5, 0.6) is 0 Å². The van der Waals surface area contributed by atoms with Gasteiger partial charge in [0.25, 0.3) is 0 Å². The predicted molar refractivity (Wildman–Crippen MR) is 91.0 cm³/mol. The lowest BCUT2D eigenvalue weighted by Crippen LogP contribution is -2.17. The van der Waals surface area contributed by atoms with E-state index in [2.05, 4.69) is 45.7 Å². The highest BCUT2D eigenvalue weighted by Crippen LogP contribution is 2.27. The number of benzene rings is 2. The van der Waals surface area contributed by atoms with Crippen molar-refractivity contribution in [3.63, 3.8) is 0 Å². The standard InChI is InChI=1S/C18H19N5O/c1-12-4-2-5-13(8-12)9-16(11-17(19)24)14-6-3-7-15(10-14)18-20-22-23-21-18/h2-8,10,16H,9,11H2,1H3,(H2,19,24)(H,20,21,22,23). The van der Waals surface area contributed by atoms with Gasteiger partial charge in [0.15, 0.2) is 0 Å². The van der Waals surface area contributed by atoms with Gasteiger partial charge in [0, 0.05) is 12.0 Å². The third-order valence-corrected chi connectivity index (χ3v) is 3.97. The zero-order valence-electron chi connectivity index (χ0n) is 13.4. The molecular formula is C18H19N5O. The number of carbonyl (C=O) groups excluding carboxylic acids is 1.